The standard InChI is InChI=1S/C7H13N3O2/c8-9-7(11)10-3-5-1-2-6(4-10)12-5/h5-6H,1-4,8H2,(H,9,11). The summed E-state index contributed by atoms with van der Waals surface area (Å²) in [7, 11) is 0. The van der Waals surface area contributed by atoms with Gasteiger partial charge in [0, 0.05) is 13.1 Å². The van der Waals surface area contributed by atoms with E-state index in [0.29, 0.717) is 13.1 Å². The average Bonchev–Trinajstić information content (AvgIpc) is 2.44. The van der Waals surface area contributed by atoms with Gasteiger partial charge in [0.05, 0.1) is 12.2 Å². The van der Waals surface area contributed by atoms with Crippen LogP contribution in [0, 0.1) is 0 Å². The summed E-state index contributed by atoms with van der Waals surface area (Å²) in [6, 6.07) is -0.199. The number of carbonyl (C=O) groups is 1. The van der Waals surface area contributed by atoms with E-state index in [-0.39, 0.29) is 18.2 Å². The molecule has 2 unspecified atom stereocenters. The Morgan fingerprint density at radius 1 is 1.42 bits per heavy atom. The Balaban J connectivity index is 1.98. The lowest BCUT2D eigenvalue weighted by Gasteiger charge is -2.31. The Labute approximate surface area is 70.8 Å². The van der Waals surface area contributed by atoms with Crippen molar-refractivity contribution in [3.8, 4) is 0 Å². The number of nitrogens with zero attached hydrogens (tertiary/aromatic N) is 1. The van der Waals surface area contributed by atoms with Gasteiger partial charge in [-0.2, -0.15) is 0 Å². The number of rotatable bonds is 0. The van der Waals surface area contributed by atoms with E-state index in [0.717, 1.165) is 12.8 Å². The topological polar surface area (TPSA) is 67.6 Å². The lowest BCUT2D eigenvalue weighted by atomic mass is 10.2. The maximum Gasteiger partial charge on any atom is 0.331 e. The summed E-state index contributed by atoms with van der Waals surface area (Å²) >= 11 is 0. The van der Waals surface area contributed by atoms with Crippen LogP contribution in [0.1, 0.15) is 12.8 Å². The molecule has 5 nitrogen and oxygen atoms in total. The first kappa shape index (κ1) is 7.82. The fraction of sp³-hybridized carbons (Fsp3) is 0.857. The van der Waals surface area contributed by atoms with Gasteiger partial charge in [-0.3, -0.25) is 5.43 Å². The lowest BCUT2D eigenvalue weighted by molar-refractivity contribution is -0.0237. The molecule has 0 radical (unpaired) electrons. The number of hydrogen-bond acceptors (Lipinski definition) is 3. The minimum Gasteiger partial charge on any atom is -0.371 e. The highest BCUT2D eigenvalue weighted by Gasteiger charge is 2.35. The first-order valence-electron chi connectivity index (χ1n) is 4.20. The van der Waals surface area contributed by atoms with Crippen LogP contribution >= 0.6 is 0 Å². The number of morpholine rings is 1. The first-order valence-corrected chi connectivity index (χ1v) is 4.20. The first-order chi connectivity index (χ1) is 5.79. The van der Waals surface area contributed by atoms with E-state index >= 15 is 0 Å². The maximum absolute atomic E-state index is 11.1. The minimum atomic E-state index is -0.199. The molecule has 0 aromatic carbocycles. The molecule has 0 aromatic heterocycles. The van der Waals surface area contributed by atoms with Crippen molar-refractivity contribution < 1.29 is 9.53 Å². The molecule has 2 heterocycles. The highest BCUT2D eigenvalue weighted by molar-refractivity contribution is 5.73. The van der Waals surface area contributed by atoms with Gasteiger partial charge in [0.1, 0.15) is 0 Å². The molecule has 2 fully saturated rings. The molecule has 68 valence electrons. The predicted octanol–water partition coefficient (Wildman–Crippen LogP) is -0.567. The van der Waals surface area contributed by atoms with Crippen molar-refractivity contribution in [2.24, 2.45) is 5.84 Å². The van der Waals surface area contributed by atoms with Crippen molar-refractivity contribution in [1.82, 2.24) is 10.3 Å². The summed E-state index contributed by atoms with van der Waals surface area (Å²) in [5.41, 5.74) is 2.13. The second-order valence-corrected chi connectivity index (χ2v) is 3.31. The number of urea groups is 1. The molecular formula is C7H13N3O2. The van der Waals surface area contributed by atoms with Gasteiger partial charge in [-0.25, -0.2) is 10.6 Å². The number of likely N-dealkylation sites (tertiary alicyclic amines) is 1. The zero-order chi connectivity index (χ0) is 8.55. The van der Waals surface area contributed by atoms with E-state index < -0.39 is 0 Å². The maximum atomic E-state index is 11.1. The molecular weight excluding hydrogens is 158 g/mol. The Morgan fingerprint density at radius 3 is 2.50 bits per heavy atom. The molecule has 12 heavy (non-hydrogen) atoms. The minimum absolute atomic E-state index is 0.199. The van der Waals surface area contributed by atoms with Crippen LogP contribution in [-0.2, 0) is 4.74 Å². The van der Waals surface area contributed by atoms with Crippen molar-refractivity contribution in [3.63, 3.8) is 0 Å². The van der Waals surface area contributed by atoms with E-state index in [1.54, 1.807) is 4.90 Å². The summed E-state index contributed by atoms with van der Waals surface area (Å²) in [6.07, 6.45) is 2.61. The molecule has 2 aliphatic heterocycles. The van der Waals surface area contributed by atoms with E-state index in [1.807, 2.05) is 0 Å². The third-order valence-electron chi connectivity index (χ3n) is 2.45. The number of fused-ring (bicyclic) bond motifs is 2. The second kappa shape index (κ2) is 2.91. The third kappa shape index (κ3) is 1.25. The summed E-state index contributed by atoms with van der Waals surface area (Å²) in [5.74, 6) is 5.03. The van der Waals surface area contributed by atoms with Gasteiger partial charge in [0.25, 0.3) is 0 Å². The Bertz CT molecular complexity index is 185. The van der Waals surface area contributed by atoms with E-state index in [4.69, 9.17) is 10.6 Å². The molecule has 2 aliphatic rings. The smallest absolute Gasteiger partial charge is 0.331 e. The predicted molar refractivity (Wildman–Crippen MR) is 42.2 cm³/mol. The van der Waals surface area contributed by atoms with Crippen LogP contribution in [0.2, 0.25) is 0 Å². The van der Waals surface area contributed by atoms with Crippen LogP contribution in [0.25, 0.3) is 0 Å². The number of nitrogens with two attached hydrogens (primary N) is 1. The zero-order valence-electron chi connectivity index (χ0n) is 6.82. The van der Waals surface area contributed by atoms with Gasteiger partial charge < -0.3 is 9.64 Å². The van der Waals surface area contributed by atoms with Crippen molar-refractivity contribution in [2.45, 2.75) is 25.0 Å². The van der Waals surface area contributed by atoms with Crippen LogP contribution in [0.15, 0.2) is 0 Å². The quantitative estimate of drug-likeness (QED) is 0.291. The Morgan fingerprint density at radius 2 is 2.00 bits per heavy atom. The molecule has 2 bridgehead atoms. The van der Waals surface area contributed by atoms with Crippen LogP contribution in [-0.4, -0.2) is 36.2 Å². The molecule has 3 N–H and O–H groups in total. The number of carbonyl (C=O) groups excluding carboxylic acids is 1. The van der Waals surface area contributed by atoms with Crippen LogP contribution in [0.5, 0.6) is 0 Å². The van der Waals surface area contributed by atoms with Gasteiger partial charge in [-0.05, 0) is 12.8 Å². The zero-order valence-corrected chi connectivity index (χ0v) is 6.82. The van der Waals surface area contributed by atoms with Crippen LogP contribution in [0.3, 0.4) is 0 Å². The molecule has 2 saturated heterocycles. The van der Waals surface area contributed by atoms with E-state index in [1.165, 1.54) is 0 Å². The molecule has 0 spiro atoms. The largest absolute Gasteiger partial charge is 0.371 e. The van der Waals surface area contributed by atoms with Crippen molar-refractivity contribution in [3.05, 3.63) is 0 Å². The van der Waals surface area contributed by atoms with Crippen molar-refractivity contribution in [2.75, 3.05) is 13.1 Å². The molecule has 0 saturated carbocycles. The summed E-state index contributed by atoms with van der Waals surface area (Å²) < 4.78 is 5.56. The third-order valence-corrected chi connectivity index (χ3v) is 2.45. The number of ether oxygens (including phenoxy) is 1. The fourth-order valence-corrected chi connectivity index (χ4v) is 1.87. The highest BCUT2D eigenvalue weighted by Crippen LogP contribution is 2.25. The van der Waals surface area contributed by atoms with E-state index in [9.17, 15) is 4.79 Å². The molecule has 2 amide bonds. The van der Waals surface area contributed by atoms with Gasteiger partial charge >= 0.3 is 6.03 Å². The highest BCUT2D eigenvalue weighted by atomic mass is 16.5. The van der Waals surface area contributed by atoms with Crippen molar-refractivity contribution in [1.29, 1.82) is 0 Å². The molecule has 0 aliphatic carbocycles. The summed E-state index contributed by atoms with van der Waals surface area (Å²) in [4.78, 5) is 12.8. The number of amides is 2. The van der Waals surface area contributed by atoms with Crippen molar-refractivity contribution >= 4 is 6.03 Å². The molecule has 0 aromatic rings. The van der Waals surface area contributed by atoms with E-state index in [2.05, 4.69) is 5.43 Å². The summed E-state index contributed by atoms with van der Waals surface area (Å²) in [5, 5.41) is 0. The number of nitrogens with one attached hydrogen (secondary N) is 1. The monoisotopic (exact) mass is 171 g/mol. The average molecular weight is 171 g/mol. The van der Waals surface area contributed by atoms with Gasteiger partial charge in [0.15, 0.2) is 0 Å². The Hall–Kier alpha value is -0.810. The fourth-order valence-electron chi connectivity index (χ4n) is 1.87. The normalized spacial score (nSPS) is 33.6. The molecule has 2 rings (SSSR count). The van der Waals surface area contributed by atoms with Crippen LogP contribution < -0.4 is 11.3 Å². The van der Waals surface area contributed by atoms with Crippen LogP contribution in [0.4, 0.5) is 4.79 Å². The van der Waals surface area contributed by atoms with Gasteiger partial charge in [-0.15, -0.1) is 0 Å². The summed E-state index contributed by atoms with van der Waals surface area (Å²) in [6.45, 7) is 1.36. The number of hydrogen-bond donors (Lipinski definition) is 2. The number of hydrazine groups is 1. The molecule has 5 heteroatoms. The van der Waals surface area contributed by atoms with Gasteiger partial charge in [0.2, 0.25) is 0 Å². The second-order valence-electron chi connectivity index (χ2n) is 3.31. The lowest BCUT2D eigenvalue weighted by Crippen LogP contribution is -2.51. The Kier molecular flexibility index (Phi) is 1.90. The van der Waals surface area contributed by atoms with Gasteiger partial charge in [-0.1, -0.05) is 0 Å². The SMILES string of the molecule is NNC(=O)N1CC2CCC(C1)O2. The molecule has 2 atom stereocenters.